The summed E-state index contributed by atoms with van der Waals surface area (Å²) in [5.74, 6) is 2.08. The van der Waals surface area contributed by atoms with E-state index in [1.807, 2.05) is 18.3 Å². The molecule has 0 unspecified atom stereocenters. The van der Waals surface area contributed by atoms with Gasteiger partial charge in [-0.15, -0.1) is 0 Å². The van der Waals surface area contributed by atoms with Gasteiger partial charge in [0.15, 0.2) is 0 Å². The number of aryl methyl sites for hydroxylation is 3. The number of rotatable bonds is 5. The fourth-order valence-corrected chi connectivity index (χ4v) is 2.98. The zero-order valence-corrected chi connectivity index (χ0v) is 13.3. The molecule has 1 fully saturated rings. The smallest absolute Gasteiger partial charge is 0.132 e. The summed E-state index contributed by atoms with van der Waals surface area (Å²) in [6.07, 6.45) is 8.69. The molecule has 116 valence electrons. The van der Waals surface area contributed by atoms with Crippen molar-refractivity contribution in [2.24, 2.45) is 0 Å². The lowest BCUT2D eigenvalue weighted by molar-refractivity contribution is 0.571. The Morgan fingerprint density at radius 1 is 1.05 bits per heavy atom. The van der Waals surface area contributed by atoms with Crippen LogP contribution in [0.15, 0.2) is 30.5 Å². The van der Waals surface area contributed by atoms with Crippen LogP contribution in [-0.4, -0.2) is 28.0 Å². The summed E-state index contributed by atoms with van der Waals surface area (Å²) in [4.78, 5) is 16.2. The van der Waals surface area contributed by atoms with Crippen LogP contribution in [0.4, 0.5) is 5.82 Å². The molecule has 1 aliphatic heterocycles. The number of hydrogen-bond acceptors (Lipinski definition) is 4. The van der Waals surface area contributed by atoms with E-state index in [9.17, 15) is 0 Å². The molecule has 3 rings (SSSR count). The summed E-state index contributed by atoms with van der Waals surface area (Å²) < 4.78 is 0. The number of piperidine rings is 1. The molecule has 1 aliphatic rings. The Morgan fingerprint density at radius 3 is 2.68 bits per heavy atom. The average molecular weight is 296 g/mol. The van der Waals surface area contributed by atoms with Crippen LogP contribution in [0.2, 0.25) is 0 Å². The predicted octanol–water partition coefficient (Wildman–Crippen LogP) is 3.35. The third-order valence-corrected chi connectivity index (χ3v) is 4.13. The standard InChI is InChI=1S/C18H24N4/c1-15-14-18(22-12-5-2-6-13-22)21-17(20-15)10-7-9-16-8-3-4-11-19-16/h3-4,8,11,14H,2,5-7,9-10,12-13H2,1H3. The van der Waals surface area contributed by atoms with Crippen molar-refractivity contribution in [1.29, 1.82) is 0 Å². The minimum atomic E-state index is 0.916. The normalized spacial score (nSPS) is 15.0. The molecule has 4 nitrogen and oxygen atoms in total. The average Bonchev–Trinajstić information content (AvgIpc) is 2.56. The fourth-order valence-electron chi connectivity index (χ4n) is 2.98. The third-order valence-electron chi connectivity index (χ3n) is 4.13. The summed E-state index contributed by atoms with van der Waals surface area (Å²) in [6, 6.07) is 8.20. The van der Waals surface area contributed by atoms with Crippen molar-refractivity contribution in [2.45, 2.75) is 45.4 Å². The largest absolute Gasteiger partial charge is 0.357 e. The predicted molar refractivity (Wildman–Crippen MR) is 89.1 cm³/mol. The molecule has 0 aliphatic carbocycles. The van der Waals surface area contributed by atoms with Gasteiger partial charge in [-0.25, -0.2) is 9.97 Å². The molecule has 0 N–H and O–H groups in total. The SMILES string of the molecule is Cc1cc(N2CCCCC2)nc(CCCc2ccccn2)n1. The second-order valence-corrected chi connectivity index (χ2v) is 6.01. The first kappa shape index (κ1) is 14.9. The van der Waals surface area contributed by atoms with E-state index in [1.165, 1.54) is 19.3 Å². The Morgan fingerprint density at radius 2 is 1.91 bits per heavy atom. The number of aromatic nitrogens is 3. The molecular weight excluding hydrogens is 272 g/mol. The minimum absolute atomic E-state index is 0.916. The van der Waals surface area contributed by atoms with Crippen LogP contribution in [0.3, 0.4) is 0 Å². The van der Waals surface area contributed by atoms with E-state index in [0.29, 0.717) is 0 Å². The van der Waals surface area contributed by atoms with Crippen LogP contribution in [0, 0.1) is 6.92 Å². The Hall–Kier alpha value is -1.97. The molecule has 0 amide bonds. The van der Waals surface area contributed by atoms with E-state index in [4.69, 9.17) is 4.98 Å². The molecule has 0 saturated carbocycles. The monoisotopic (exact) mass is 296 g/mol. The van der Waals surface area contributed by atoms with E-state index in [2.05, 4.69) is 33.9 Å². The van der Waals surface area contributed by atoms with Crippen molar-refractivity contribution in [3.63, 3.8) is 0 Å². The van der Waals surface area contributed by atoms with Gasteiger partial charge < -0.3 is 4.90 Å². The van der Waals surface area contributed by atoms with Crippen molar-refractivity contribution in [2.75, 3.05) is 18.0 Å². The van der Waals surface area contributed by atoms with Crippen LogP contribution in [0.1, 0.15) is 42.9 Å². The second-order valence-electron chi connectivity index (χ2n) is 6.01. The van der Waals surface area contributed by atoms with Crippen LogP contribution in [0.5, 0.6) is 0 Å². The van der Waals surface area contributed by atoms with Gasteiger partial charge in [-0.05, 0) is 51.2 Å². The number of pyridine rings is 1. The third kappa shape index (κ3) is 4.03. The van der Waals surface area contributed by atoms with Crippen molar-refractivity contribution < 1.29 is 0 Å². The molecule has 0 bridgehead atoms. The molecule has 3 heterocycles. The van der Waals surface area contributed by atoms with E-state index in [-0.39, 0.29) is 0 Å². The van der Waals surface area contributed by atoms with Gasteiger partial charge in [0.25, 0.3) is 0 Å². The molecule has 2 aromatic heterocycles. The molecule has 22 heavy (non-hydrogen) atoms. The molecule has 0 radical (unpaired) electrons. The summed E-state index contributed by atoms with van der Waals surface area (Å²) >= 11 is 0. The maximum atomic E-state index is 4.78. The zero-order valence-electron chi connectivity index (χ0n) is 13.3. The number of nitrogens with zero attached hydrogens (tertiary/aromatic N) is 4. The molecule has 1 saturated heterocycles. The number of hydrogen-bond donors (Lipinski definition) is 0. The fraction of sp³-hybridized carbons (Fsp3) is 0.500. The first-order valence-corrected chi connectivity index (χ1v) is 8.31. The van der Waals surface area contributed by atoms with Crippen LogP contribution in [-0.2, 0) is 12.8 Å². The van der Waals surface area contributed by atoms with Gasteiger partial charge in [-0.1, -0.05) is 6.07 Å². The lowest BCUT2D eigenvalue weighted by atomic mass is 10.1. The Labute approximate surface area is 132 Å². The van der Waals surface area contributed by atoms with Crippen molar-refractivity contribution in [3.05, 3.63) is 47.7 Å². The van der Waals surface area contributed by atoms with Crippen LogP contribution in [0.25, 0.3) is 0 Å². The highest BCUT2D eigenvalue weighted by molar-refractivity contribution is 5.40. The van der Waals surface area contributed by atoms with Gasteiger partial charge in [0.1, 0.15) is 11.6 Å². The van der Waals surface area contributed by atoms with Gasteiger partial charge >= 0.3 is 0 Å². The molecule has 4 heteroatoms. The summed E-state index contributed by atoms with van der Waals surface area (Å²) in [5, 5.41) is 0. The first-order chi connectivity index (χ1) is 10.8. The maximum absolute atomic E-state index is 4.78. The summed E-state index contributed by atoms with van der Waals surface area (Å²) in [6.45, 7) is 4.32. The lowest BCUT2D eigenvalue weighted by Crippen LogP contribution is -2.30. The molecule has 2 aromatic rings. The molecule has 0 aromatic carbocycles. The topological polar surface area (TPSA) is 41.9 Å². The lowest BCUT2D eigenvalue weighted by Gasteiger charge is -2.28. The molecule has 0 atom stereocenters. The van der Waals surface area contributed by atoms with Crippen molar-refractivity contribution in [1.82, 2.24) is 15.0 Å². The molecule has 0 spiro atoms. The maximum Gasteiger partial charge on any atom is 0.132 e. The quantitative estimate of drug-likeness (QED) is 0.848. The van der Waals surface area contributed by atoms with Gasteiger partial charge in [-0.3, -0.25) is 4.98 Å². The van der Waals surface area contributed by atoms with Crippen molar-refractivity contribution in [3.8, 4) is 0 Å². The number of anilines is 1. The first-order valence-electron chi connectivity index (χ1n) is 8.31. The highest BCUT2D eigenvalue weighted by Crippen LogP contribution is 2.18. The Balaban J connectivity index is 1.62. The highest BCUT2D eigenvalue weighted by atomic mass is 15.2. The summed E-state index contributed by atoms with van der Waals surface area (Å²) in [5.41, 5.74) is 2.22. The van der Waals surface area contributed by atoms with Gasteiger partial charge in [0, 0.05) is 43.2 Å². The van der Waals surface area contributed by atoms with Crippen LogP contribution < -0.4 is 4.90 Å². The zero-order chi connectivity index (χ0) is 15.2. The van der Waals surface area contributed by atoms with E-state index < -0.39 is 0 Å². The van der Waals surface area contributed by atoms with Crippen LogP contribution >= 0.6 is 0 Å². The Kier molecular flexibility index (Phi) is 4.99. The second kappa shape index (κ2) is 7.34. The van der Waals surface area contributed by atoms with Crippen molar-refractivity contribution >= 4 is 5.82 Å². The van der Waals surface area contributed by atoms with Gasteiger partial charge in [0.2, 0.25) is 0 Å². The highest BCUT2D eigenvalue weighted by Gasteiger charge is 2.13. The Bertz CT molecular complexity index is 591. The molecular formula is C18H24N4. The van der Waals surface area contributed by atoms with Gasteiger partial charge in [-0.2, -0.15) is 0 Å². The minimum Gasteiger partial charge on any atom is -0.357 e. The van der Waals surface area contributed by atoms with E-state index in [1.54, 1.807) is 0 Å². The van der Waals surface area contributed by atoms with E-state index >= 15 is 0 Å². The summed E-state index contributed by atoms with van der Waals surface area (Å²) in [7, 11) is 0. The van der Waals surface area contributed by atoms with E-state index in [0.717, 1.165) is 55.4 Å². The van der Waals surface area contributed by atoms with Gasteiger partial charge in [0.05, 0.1) is 0 Å².